The largest absolute Gasteiger partial charge is 0.398 e. The van der Waals surface area contributed by atoms with Gasteiger partial charge in [0.2, 0.25) is 10.0 Å². The minimum absolute atomic E-state index is 0.00850. The second-order valence-corrected chi connectivity index (χ2v) is 5.94. The molecule has 0 heterocycles. The summed E-state index contributed by atoms with van der Waals surface area (Å²) in [6, 6.07) is 6.22. The van der Waals surface area contributed by atoms with Gasteiger partial charge in [-0.25, -0.2) is 13.1 Å². The van der Waals surface area contributed by atoms with Crippen LogP contribution in [0.1, 0.15) is 13.8 Å². The van der Waals surface area contributed by atoms with Gasteiger partial charge in [0, 0.05) is 6.54 Å². The predicted octanol–water partition coefficient (Wildman–Crippen LogP) is 0.564. The third-order valence-corrected chi connectivity index (χ3v) is 3.96. The van der Waals surface area contributed by atoms with Gasteiger partial charge in [-0.05, 0) is 18.1 Å². The predicted molar refractivity (Wildman–Crippen MR) is 66.9 cm³/mol. The fourth-order valence-corrected chi connectivity index (χ4v) is 2.42. The van der Waals surface area contributed by atoms with Gasteiger partial charge in [-0.15, -0.1) is 0 Å². The number of aliphatic hydroxyl groups excluding tert-OH is 1. The lowest BCUT2D eigenvalue weighted by Gasteiger charge is -2.15. The molecule has 0 bridgehead atoms. The van der Waals surface area contributed by atoms with E-state index in [-0.39, 0.29) is 23.0 Å². The lowest BCUT2D eigenvalue weighted by molar-refractivity contribution is 0.129. The summed E-state index contributed by atoms with van der Waals surface area (Å²) in [4.78, 5) is 0.0379. The van der Waals surface area contributed by atoms with Gasteiger partial charge in [0.1, 0.15) is 4.90 Å². The molecule has 6 heteroatoms. The van der Waals surface area contributed by atoms with Gasteiger partial charge in [0.25, 0.3) is 0 Å². The molecule has 1 rings (SSSR count). The van der Waals surface area contributed by atoms with E-state index in [1.165, 1.54) is 12.1 Å². The zero-order valence-corrected chi connectivity index (χ0v) is 10.7. The molecular weight excluding hydrogens is 240 g/mol. The molecule has 1 aromatic rings. The van der Waals surface area contributed by atoms with E-state index in [1.807, 2.05) is 13.8 Å². The Hall–Kier alpha value is -1.11. The molecule has 0 radical (unpaired) electrons. The van der Waals surface area contributed by atoms with Gasteiger partial charge >= 0.3 is 0 Å². The summed E-state index contributed by atoms with van der Waals surface area (Å²) in [5.74, 6) is -0.00850. The summed E-state index contributed by atoms with van der Waals surface area (Å²) < 4.78 is 26.1. The van der Waals surface area contributed by atoms with Gasteiger partial charge in [-0.2, -0.15) is 0 Å². The second kappa shape index (κ2) is 5.48. The molecule has 0 aliphatic carbocycles. The highest BCUT2D eigenvalue weighted by Gasteiger charge is 2.19. The van der Waals surface area contributed by atoms with Gasteiger partial charge in [-0.1, -0.05) is 26.0 Å². The molecule has 0 aromatic heterocycles. The van der Waals surface area contributed by atoms with E-state index in [0.717, 1.165) is 0 Å². The number of sulfonamides is 1. The molecule has 1 unspecified atom stereocenters. The SMILES string of the molecule is CC(C)C(O)CNS(=O)(=O)c1ccccc1N. The highest BCUT2D eigenvalue weighted by molar-refractivity contribution is 7.89. The second-order valence-electron chi connectivity index (χ2n) is 4.20. The van der Waals surface area contributed by atoms with Crippen molar-refractivity contribution >= 4 is 15.7 Å². The summed E-state index contributed by atoms with van der Waals surface area (Å²) in [6.45, 7) is 3.61. The number of rotatable bonds is 5. The maximum absolute atomic E-state index is 11.9. The number of aliphatic hydroxyl groups is 1. The van der Waals surface area contributed by atoms with Crippen molar-refractivity contribution in [2.24, 2.45) is 5.92 Å². The molecule has 4 N–H and O–H groups in total. The highest BCUT2D eigenvalue weighted by atomic mass is 32.2. The average Bonchev–Trinajstić information content (AvgIpc) is 2.26. The Balaban J connectivity index is 2.80. The maximum atomic E-state index is 11.9. The number of hydrogen-bond donors (Lipinski definition) is 3. The van der Waals surface area contributed by atoms with Crippen molar-refractivity contribution in [1.82, 2.24) is 4.72 Å². The number of nitrogen functional groups attached to an aromatic ring is 1. The Labute approximate surface area is 102 Å². The Kier molecular flexibility index (Phi) is 4.50. The fraction of sp³-hybridized carbons (Fsp3) is 0.455. The van der Waals surface area contributed by atoms with Crippen molar-refractivity contribution in [3.05, 3.63) is 24.3 Å². The number of para-hydroxylation sites is 1. The summed E-state index contributed by atoms with van der Waals surface area (Å²) in [5.41, 5.74) is 5.78. The van der Waals surface area contributed by atoms with E-state index < -0.39 is 16.1 Å². The summed E-state index contributed by atoms with van der Waals surface area (Å²) in [5, 5.41) is 9.55. The van der Waals surface area contributed by atoms with Crippen LogP contribution in [0, 0.1) is 5.92 Å². The molecule has 0 saturated carbocycles. The number of nitrogens with one attached hydrogen (secondary N) is 1. The number of hydrogen-bond acceptors (Lipinski definition) is 4. The number of anilines is 1. The van der Waals surface area contributed by atoms with E-state index in [2.05, 4.69) is 4.72 Å². The minimum atomic E-state index is -3.65. The molecule has 0 amide bonds. The van der Waals surface area contributed by atoms with Crippen molar-refractivity contribution in [2.45, 2.75) is 24.8 Å². The van der Waals surface area contributed by atoms with E-state index in [0.29, 0.717) is 0 Å². The maximum Gasteiger partial charge on any atom is 0.242 e. The molecule has 0 aliphatic rings. The lowest BCUT2D eigenvalue weighted by Crippen LogP contribution is -2.35. The molecule has 0 fully saturated rings. The fourth-order valence-electron chi connectivity index (χ4n) is 1.23. The molecular formula is C11H18N2O3S. The summed E-state index contributed by atoms with van der Waals surface area (Å²) >= 11 is 0. The zero-order valence-electron chi connectivity index (χ0n) is 9.92. The Morgan fingerprint density at radius 2 is 1.94 bits per heavy atom. The van der Waals surface area contributed by atoms with Crippen molar-refractivity contribution < 1.29 is 13.5 Å². The van der Waals surface area contributed by atoms with Gasteiger partial charge in [0.05, 0.1) is 11.8 Å². The summed E-state index contributed by atoms with van der Waals surface area (Å²) in [6.07, 6.45) is -0.713. The topological polar surface area (TPSA) is 92.4 Å². The van der Waals surface area contributed by atoms with E-state index >= 15 is 0 Å². The van der Waals surface area contributed by atoms with Crippen LogP contribution in [0.3, 0.4) is 0 Å². The van der Waals surface area contributed by atoms with Crippen LogP contribution in [0.15, 0.2) is 29.2 Å². The van der Waals surface area contributed by atoms with Gasteiger partial charge < -0.3 is 10.8 Å². The number of benzene rings is 1. The Morgan fingerprint density at radius 1 is 1.35 bits per heavy atom. The van der Waals surface area contributed by atoms with Gasteiger partial charge in [0.15, 0.2) is 0 Å². The van der Waals surface area contributed by atoms with Crippen LogP contribution in [0.25, 0.3) is 0 Å². The van der Waals surface area contributed by atoms with Crippen molar-refractivity contribution in [2.75, 3.05) is 12.3 Å². The molecule has 0 spiro atoms. The molecule has 96 valence electrons. The summed E-state index contributed by atoms with van der Waals surface area (Å²) in [7, 11) is -3.65. The minimum Gasteiger partial charge on any atom is -0.398 e. The first kappa shape index (κ1) is 14.0. The van der Waals surface area contributed by atoms with Crippen LogP contribution in [0.5, 0.6) is 0 Å². The highest BCUT2D eigenvalue weighted by Crippen LogP contribution is 2.16. The van der Waals surface area contributed by atoms with Crippen LogP contribution >= 0.6 is 0 Å². The first-order chi connectivity index (χ1) is 7.84. The molecule has 17 heavy (non-hydrogen) atoms. The molecule has 1 aromatic carbocycles. The normalized spacial score (nSPS) is 13.9. The van der Waals surface area contributed by atoms with Crippen LogP contribution in [0.4, 0.5) is 5.69 Å². The van der Waals surface area contributed by atoms with Crippen LogP contribution < -0.4 is 10.5 Å². The monoisotopic (exact) mass is 258 g/mol. The first-order valence-corrected chi connectivity index (χ1v) is 6.85. The molecule has 1 atom stereocenters. The van der Waals surface area contributed by atoms with Crippen LogP contribution in [-0.2, 0) is 10.0 Å². The van der Waals surface area contributed by atoms with Crippen molar-refractivity contribution in [3.63, 3.8) is 0 Å². The zero-order chi connectivity index (χ0) is 13.1. The van der Waals surface area contributed by atoms with E-state index in [1.54, 1.807) is 12.1 Å². The first-order valence-electron chi connectivity index (χ1n) is 5.37. The van der Waals surface area contributed by atoms with Crippen LogP contribution in [-0.4, -0.2) is 26.2 Å². The third kappa shape index (κ3) is 3.69. The average molecular weight is 258 g/mol. The lowest BCUT2D eigenvalue weighted by atomic mass is 10.1. The van der Waals surface area contributed by atoms with Gasteiger partial charge in [-0.3, -0.25) is 0 Å². The smallest absolute Gasteiger partial charge is 0.242 e. The van der Waals surface area contributed by atoms with E-state index in [9.17, 15) is 13.5 Å². The van der Waals surface area contributed by atoms with Crippen LogP contribution in [0.2, 0.25) is 0 Å². The van der Waals surface area contributed by atoms with E-state index in [4.69, 9.17) is 5.73 Å². The Morgan fingerprint density at radius 3 is 2.47 bits per heavy atom. The molecule has 0 saturated heterocycles. The molecule has 5 nitrogen and oxygen atoms in total. The van der Waals surface area contributed by atoms with Crippen molar-refractivity contribution in [3.8, 4) is 0 Å². The quantitative estimate of drug-likeness (QED) is 0.673. The Bertz CT molecular complexity index is 471. The third-order valence-electron chi connectivity index (χ3n) is 2.46. The standard InChI is InChI=1S/C11H18N2O3S/c1-8(2)10(14)7-13-17(15,16)11-6-4-3-5-9(11)12/h3-6,8,10,13-14H,7,12H2,1-2H3. The van der Waals surface area contributed by atoms with Crippen molar-refractivity contribution in [1.29, 1.82) is 0 Å². The molecule has 0 aliphatic heterocycles. The number of nitrogens with two attached hydrogens (primary N) is 1.